The molecule has 0 radical (unpaired) electrons. The molecular formula is C38H49N3O7. The average Bonchev–Trinajstić information content (AvgIpc) is 3.06. The van der Waals surface area contributed by atoms with Gasteiger partial charge < -0.3 is 29.9 Å². The summed E-state index contributed by atoms with van der Waals surface area (Å²) in [6.45, 7) is 7.69. The maximum Gasteiger partial charge on any atom is 0.335 e. The number of likely N-dealkylation sites (N-methyl/N-ethyl adjacent to an activating group) is 1. The van der Waals surface area contributed by atoms with Crippen LogP contribution in [0.1, 0.15) is 71.9 Å². The third kappa shape index (κ3) is 10.6. The molecule has 3 aromatic rings. The highest BCUT2D eigenvalue weighted by atomic mass is 16.5. The molecule has 4 atom stereocenters. The van der Waals surface area contributed by atoms with Gasteiger partial charge in [0.1, 0.15) is 5.75 Å². The molecule has 0 fully saturated rings. The predicted molar refractivity (Wildman–Crippen MR) is 185 cm³/mol. The number of hydrogen-bond donors (Lipinski definition) is 3. The van der Waals surface area contributed by atoms with E-state index in [9.17, 15) is 24.6 Å². The van der Waals surface area contributed by atoms with Crippen molar-refractivity contribution in [1.82, 2.24) is 9.80 Å². The fourth-order valence-corrected chi connectivity index (χ4v) is 5.89. The number of carbonyl (C=O) groups is 3. The van der Waals surface area contributed by atoms with Gasteiger partial charge in [0, 0.05) is 37.8 Å². The number of carboxylic acid groups (broad SMARTS) is 1. The molecule has 0 spiro atoms. The highest BCUT2D eigenvalue weighted by Gasteiger charge is 2.30. The predicted octanol–water partition coefficient (Wildman–Crippen LogP) is 5.49. The van der Waals surface area contributed by atoms with Crippen molar-refractivity contribution in [2.75, 3.05) is 38.7 Å². The van der Waals surface area contributed by atoms with E-state index in [0.29, 0.717) is 43.2 Å². The zero-order valence-corrected chi connectivity index (χ0v) is 28.4. The fraction of sp³-hybridized carbons (Fsp3) is 0.447. The second kappa shape index (κ2) is 17.8. The third-order valence-corrected chi connectivity index (χ3v) is 8.69. The van der Waals surface area contributed by atoms with Crippen molar-refractivity contribution in [3.63, 3.8) is 0 Å². The van der Waals surface area contributed by atoms with Gasteiger partial charge in [-0.1, -0.05) is 49.4 Å². The second-order valence-electron chi connectivity index (χ2n) is 12.9. The zero-order chi connectivity index (χ0) is 34.6. The van der Waals surface area contributed by atoms with Crippen LogP contribution in [0.25, 0.3) is 0 Å². The van der Waals surface area contributed by atoms with E-state index in [0.717, 1.165) is 30.4 Å². The van der Waals surface area contributed by atoms with E-state index in [1.807, 2.05) is 63.4 Å². The maximum atomic E-state index is 14.4. The molecule has 1 aliphatic rings. The number of aliphatic hydroxyl groups excluding tert-OH is 1. The Hall–Kier alpha value is -4.25. The van der Waals surface area contributed by atoms with Crippen LogP contribution in [0.4, 0.5) is 5.69 Å². The Labute approximate surface area is 283 Å². The number of nitrogens with one attached hydrogen (secondary N) is 1. The molecule has 0 bridgehead atoms. The van der Waals surface area contributed by atoms with E-state index in [1.165, 1.54) is 0 Å². The van der Waals surface area contributed by atoms with Crippen LogP contribution in [0.3, 0.4) is 0 Å². The number of ether oxygens (including phenoxy) is 2. The molecule has 0 aromatic heterocycles. The van der Waals surface area contributed by atoms with Crippen molar-refractivity contribution in [1.29, 1.82) is 0 Å². The summed E-state index contributed by atoms with van der Waals surface area (Å²) in [6, 6.07) is 21.0. The van der Waals surface area contributed by atoms with Crippen LogP contribution < -0.4 is 10.1 Å². The number of rotatable bonds is 10. The summed E-state index contributed by atoms with van der Waals surface area (Å²) >= 11 is 0. The Morgan fingerprint density at radius 3 is 2.44 bits per heavy atom. The molecular weight excluding hydrogens is 610 g/mol. The Morgan fingerprint density at radius 2 is 1.75 bits per heavy atom. The highest BCUT2D eigenvalue weighted by Crippen LogP contribution is 2.29. The Bertz CT molecular complexity index is 1500. The minimum atomic E-state index is -0.958. The topological polar surface area (TPSA) is 129 Å². The highest BCUT2D eigenvalue weighted by molar-refractivity contribution is 6.00. The van der Waals surface area contributed by atoms with Crippen LogP contribution in [-0.4, -0.2) is 89.4 Å². The van der Waals surface area contributed by atoms with E-state index in [2.05, 4.69) is 17.1 Å². The molecule has 1 aliphatic heterocycles. The number of aromatic carboxylic acids is 1. The van der Waals surface area contributed by atoms with Crippen molar-refractivity contribution in [2.24, 2.45) is 5.92 Å². The van der Waals surface area contributed by atoms with Crippen molar-refractivity contribution in [2.45, 2.75) is 71.2 Å². The Morgan fingerprint density at radius 1 is 1.02 bits per heavy atom. The smallest absolute Gasteiger partial charge is 0.335 e. The second-order valence-corrected chi connectivity index (χ2v) is 12.9. The van der Waals surface area contributed by atoms with Gasteiger partial charge in [-0.05, 0) is 81.6 Å². The first kappa shape index (κ1) is 36.6. The molecule has 0 saturated carbocycles. The van der Waals surface area contributed by atoms with E-state index in [-0.39, 0.29) is 48.5 Å². The standard InChI is InChI=1S/C38H49N3O7/c1-26-22-41(27(2)25-42)37(44)33-21-32(39-36(43)20-29-11-6-5-7-12-29)17-18-34(33)48-28(3)10-8-9-19-47-35(26)24-40(4)23-30-13-15-31(16-14-30)38(45)46/h5-7,11-18,21,26-28,35,42H,8-10,19-20,22-25H2,1-4H3,(H,39,43)(H,45,46)/t26-,27+,28-,35-/m1/s1. The van der Waals surface area contributed by atoms with Crippen LogP contribution >= 0.6 is 0 Å². The lowest BCUT2D eigenvalue weighted by Crippen LogP contribution is -2.47. The minimum Gasteiger partial charge on any atom is -0.490 e. The first-order valence-electron chi connectivity index (χ1n) is 16.7. The molecule has 10 nitrogen and oxygen atoms in total. The number of aliphatic hydroxyl groups is 1. The van der Waals surface area contributed by atoms with Gasteiger partial charge in [0.25, 0.3) is 5.91 Å². The number of hydrogen-bond acceptors (Lipinski definition) is 7. The summed E-state index contributed by atoms with van der Waals surface area (Å²) in [6.07, 6.45) is 2.35. The van der Waals surface area contributed by atoms with Gasteiger partial charge in [-0.15, -0.1) is 0 Å². The molecule has 48 heavy (non-hydrogen) atoms. The summed E-state index contributed by atoms with van der Waals surface area (Å²) in [5.41, 5.74) is 2.93. The average molecular weight is 660 g/mol. The number of benzene rings is 3. The van der Waals surface area contributed by atoms with Gasteiger partial charge in [0.15, 0.2) is 0 Å². The van der Waals surface area contributed by atoms with E-state index in [4.69, 9.17) is 9.47 Å². The van der Waals surface area contributed by atoms with Crippen molar-refractivity contribution in [3.05, 3.63) is 95.1 Å². The quantitative estimate of drug-likeness (QED) is 0.261. The van der Waals surface area contributed by atoms with Gasteiger partial charge >= 0.3 is 5.97 Å². The molecule has 3 N–H and O–H groups in total. The summed E-state index contributed by atoms with van der Waals surface area (Å²) in [4.78, 5) is 42.3. The molecule has 2 amide bonds. The summed E-state index contributed by atoms with van der Waals surface area (Å²) in [7, 11) is 1.99. The van der Waals surface area contributed by atoms with Crippen LogP contribution in [0.5, 0.6) is 5.75 Å². The zero-order valence-electron chi connectivity index (χ0n) is 28.4. The van der Waals surface area contributed by atoms with Crippen LogP contribution in [0.2, 0.25) is 0 Å². The van der Waals surface area contributed by atoms with Crippen molar-refractivity contribution < 1.29 is 34.1 Å². The van der Waals surface area contributed by atoms with Gasteiger partial charge in [-0.3, -0.25) is 14.5 Å². The lowest BCUT2D eigenvalue weighted by Gasteiger charge is -2.36. The number of amides is 2. The van der Waals surface area contributed by atoms with Crippen LogP contribution in [0.15, 0.2) is 72.8 Å². The first-order chi connectivity index (χ1) is 23.0. The lowest BCUT2D eigenvalue weighted by atomic mass is 10.0. The van der Waals surface area contributed by atoms with Gasteiger partial charge in [0.2, 0.25) is 5.91 Å². The molecule has 10 heteroatoms. The molecule has 258 valence electrons. The molecule has 3 aromatic carbocycles. The van der Waals surface area contributed by atoms with Crippen molar-refractivity contribution >= 4 is 23.5 Å². The monoisotopic (exact) mass is 659 g/mol. The van der Waals surface area contributed by atoms with E-state index in [1.54, 1.807) is 35.2 Å². The summed E-state index contributed by atoms with van der Waals surface area (Å²) in [5.74, 6) is -1.11. The van der Waals surface area contributed by atoms with E-state index < -0.39 is 12.0 Å². The van der Waals surface area contributed by atoms with Gasteiger partial charge in [-0.2, -0.15) is 0 Å². The molecule has 1 heterocycles. The van der Waals surface area contributed by atoms with Crippen LogP contribution in [-0.2, 0) is 22.5 Å². The van der Waals surface area contributed by atoms with Gasteiger partial charge in [0.05, 0.1) is 42.4 Å². The molecule has 4 rings (SSSR count). The largest absolute Gasteiger partial charge is 0.490 e. The maximum absolute atomic E-state index is 14.4. The summed E-state index contributed by atoms with van der Waals surface area (Å²) in [5, 5.41) is 22.4. The first-order valence-corrected chi connectivity index (χ1v) is 16.7. The number of fused-ring (bicyclic) bond motifs is 1. The van der Waals surface area contributed by atoms with Gasteiger partial charge in [-0.25, -0.2) is 4.79 Å². The number of nitrogens with zero attached hydrogens (tertiary/aromatic N) is 2. The number of anilines is 1. The molecule has 0 unspecified atom stereocenters. The fourth-order valence-electron chi connectivity index (χ4n) is 5.89. The van der Waals surface area contributed by atoms with Crippen LogP contribution in [0, 0.1) is 5.92 Å². The SMILES string of the molecule is C[C@@H]1CCCCO[C@H](CN(C)Cc2ccc(C(=O)O)cc2)[C@H](C)CN([C@@H](C)CO)C(=O)c2cc(NC(=O)Cc3ccccc3)ccc2O1. The Kier molecular flexibility index (Phi) is 13.5. The number of carbonyl (C=O) groups excluding carboxylic acids is 2. The molecule has 0 aliphatic carbocycles. The number of carboxylic acids is 1. The van der Waals surface area contributed by atoms with Crippen molar-refractivity contribution in [3.8, 4) is 5.75 Å². The minimum absolute atomic E-state index is 0.0974. The van der Waals surface area contributed by atoms with E-state index >= 15 is 0 Å². The lowest BCUT2D eigenvalue weighted by molar-refractivity contribution is -0.115. The molecule has 0 saturated heterocycles. The normalized spacial score (nSPS) is 19.9. The summed E-state index contributed by atoms with van der Waals surface area (Å²) < 4.78 is 12.8. The third-order valence-electron chi connectivity index (χ3n) is 8.69. The Balaban J connectivity index is 1.57.